The summed E-state index contributed by atoms with van der Waals surface area (Å²) in [4.78, 5) is 3.17. The van der Waals surface area contributed by atoms with E-state index in [2.05, 4.69) is 20.9 Å². The minimum Gasteiger partial charge on any atom is -0.497 e. The first-order chi connectivity index (χ1) is 9.60. The highest BCUT2D eigenvalue weighted by molar-refractivity contribution is 9.10. The van der Waals surface area contributed by atoms with Crippen molar-refractivity contribution < 1.29 is 4.74 Å². The number of hydrogen-bond donors (Lipinski definition) is 1. The minimum absolute atomic E-state index is 0.595. The maximum atomic E-state index is 6.32. The number of halogens is 2. The molecule has 102 valence electrons. The van der Waals surface area contributed by atoms with Gasteiger partial charge in [-0.05, 0) is 42.5 Å². The van der Waals surface area contributed by atoms with Crippen LogP contribution in [-0.2, 0) is 0 Å². The summed E-state index contributed by atoms with van der Waals surface area (Å²) in [6.07, 6.45) is 0. The van der Waals surface area contributed by atoms with Gasteiger partial charge in [0, 0.05) is 10.5 Å². The lowest BCUT2D eigenvalue weighted by atomic mass is 10.2. The average molecular weight is 370 g/mol. The third kappa shape index (κ3) is 2.26. The van der Waals surface area contributed by atoms with E-state index in [1.807, 2.05) is 41.0 Å². The van der Waals surface area contributed by atoms with E-state index in [1.165, 1.54) is 0 Å². The third-order valence-electron chi connectivity index (χ3n) is 3.04. The predicted molar refractivity (Wildman–Crippen MR) is 87.7 cm³/mol. The summed E-state index contributed by atoms with van der Waals surface area (Å²) < 4.78 is 8.66. The Kier molecular flexibility index (Phi) is 3.58. The summed E-state index contributed by atoms with van der Waals surface area (Å²) in [5.74, 6) is 0.780. The number of aromatic nitrogens is 2. The van der Waals surface area contributed by atoms with E-state index in [0.29, 0.717) is 9.79 Å². The molecule has 0 aliphatic carbocycles. The molecule has 0 aliphatic rings. The molecule has 0 radical (unpaired) electrons. The van der Waals surface area contributed by atoms with Gasteiger partial charge in [0.2, 0.25) is 0 Å². The van der Waals surface area contributed by atoms with Crippen LogP contribution in [-0.4, -0.2) is 16.7 Å². The Bertz CT molecular complexity index is 856. The zero-order chi connectivity index (χ0) is 14.3. The van der Waals surface area contributed by atoms with Gasteiger partial charge in [0.15, 0.2) is 4.77 Å². The molecular weight excluding hydrogens is 360 g/mol. The Morgan fingerprint density at radius 3 is 2.75 bits per heavy atom. The van der Waals surface area contributed by atoms with Gasteiger partial charge >= 0.3 is 0 Å². The number of aromatic amines is 1. The van der Waals surface area contributed by atoms with Crippen molar-refractivity contribution in [2.75, 3.05) is 7.11 Å². The number of nitrogens with one attached hydrogen (secondary N) is 1. The van der Waals surface area contributed by atoms with Gasteiger partial charge in [-0.2, -0.15) is 0 Å². The Morgan fingerprint density at radius 1 is 1.25 bits per heavy atom. The molecule has 3 rings (SSSR count). The van der Waals surface area contributed by atoms with Crippen molar-refractivity contribution in [2.45, 2.75) is 0 Å². The van der Waals surface area contributed by atoms with Crippen LogP contribution in [0.2, 0.25) is 5.02 Å². The van der Waals surface area contributed by atoms with Crippen molar-refractivity contribution >= 4 is 50.8 Å². The zero-order valence-electron chi connectivity index (χ0n) is 10.5. The first kappa shape index (κ1) is 13.7. The number of ether oxygens (including phenoxy) is 1. The quantitative estimate of drug-likeness (QED) is 0.636. The summed E-state index contributed by atoms with van der Waals surface area (Å²) >= 11 is 15.1. The molecule has 0 fully saturated rings. The van der Waals surface area contributed by atoms with Crippen LogP contribution < -0.4 is 4.74 Å². The van der Waals surface area contributed by atoms with Crippen molar-refractivity contribution in [2.24, 2.45) is 0 Å². The molecule has 20 heavy (non-hydrogen) atoms. The Labute approximate surface area is 134 Å². The molecule has 0 saturated heterocycles. The van der Waals surface area contributed by atoms with E-state index in [4.69, 9.17) is 28.6 Å². The summed E-state index contributed by atoms with van der Waals surface area (Å²) in [6, 6.07) is 11.5. The third-order valence-corrected chi connectivity index (χ3v) is 4.12. The molecule has 0 bridgehead atoms. The second-order valence-corrected chi connectivity index (χ2v) is 5.95. The highest BCUT2D eigenvalue weighted by atomic mass is 79.9. The zero-order valence-corrected chi connectivity index (χ0v) is 13.6. The van der Waals surface area contributed by atoms with Crippen molar-refractivity contribution in [3.8, 4) is 11.4 Å². The minimum atomic E-state index is 0.595. The van der Waals surface area contributed by atoms with Gasteiger partial charge in [-0.3, -0.25) is 4.57 Å². The van der Waals surface area contributed by atoms with Crippen LogP contribution in [0.3, 0.4) is 0 Å². The van der Waals surface area contributed by atoms with Crippen molar-refractivity contribution in [3.63, 3.8) is 0 Å². The maximum Gasteiger partial charge on any atom is 0.182 e. The fourth-order valence-electron chi connectivity index (χ4n) is 2.12. The summed E-state index contributed by atoms with van der Waals surface area (Å²) in [5, 5.41) is 0.632. The molecule has 3 nitrogen and oxygen atoms in total. The van der Waals surface area contributed by atoms with Gasteiger partial charge in [-0.1, -0.05) is 27.5 Å². The highest BCUT2D eigenvalue weighted by Gasteiger charge is 2.10. The normalized spacial score (nSPS) is 10.9. The lowest BCUT2D eigenvalue weighted by Crippen LogP contribution is -1.95. The van der Waals surface area contributed by atoms with Crippen LogP contribution in [0.1, 0.15) is 0 Å². The molecule has 0 spiro atoms. The molecule has 0 saturated carbocycles. The number of fused-ring (bicyclic) bond motifs is 1. The fourth-order valence-corrected chi connectivity index (χ4v) is 3.18. The topological polar surface area (TPSA) is 29.9 Å². The molecule has 0 amide bonds. The van der Waals surface area contributed by atoms with E-state index >= 15 is 0 Å². The lowest BCUT2D eigenvalue weighted by molar-refractivity contribution is 0.415. The van der Waals surface area contributed by atoms with E-state index in [1.54, 1.807) is 7.11 Å². The van der Waals surface area contributed by atoms with Gasteiger partial charge in [-0.15, -0.1) is 0 Å². The van der Waals surface area contributed by atoms with Gasteiger partial charge in [0.25, 0.3) is 0 Å². The summed E-state index contributed by atoms with van der Waals surface area (Å²) in [7, 11) is 1.64. The number of methoxy groups -OCH3 is 1. The predicted octanol–water partition coefficient (Wildman–Crippen LogP) is 5.11. The molecule has 1 N–H and O–H groups in total. The summed E-state index contributed by atoms with van der Waals surface area (Å²) in [5.41, 5.74) is 2.71. The fraction of sp³-hybridized carbons (Fsp3) is 0.0714. The Hall–Kier alpha value is -1.30. The van der Waals surface area contributed by atoms with Crippen LogP contribution in [0.25, 0.3) is 16.7 Å². The van der Waals surface area contributed by atoms with E-state index in [0.717, 1.165) is 26.9 Å². The number of benzene rings is 2. The van der Waals surface area contributed by atoms with Crippen LogP contribution in [0.4, 0.5) is 0 Å². The first-order valence-corrected chi connectivity index (χ1v) is 7.42. The van der Waals surface area contributed by atoms with E-state index in [9.17, 15) is 0 Å². The van der Waals surface area contributed by atoms with Gasteiger partial charge < -0.3 is 9.72 Å². The Morgan fingerprint density at radius 2 is 2.05 bits per heavy atom. The SMILES string of the molecule is COc1ccc2c(c1)[nH]c(=S)n2-c1ccc(Br)cc1Cl. The first-order valence-electron chi connectivity index (χ1n) is 5.84. The largest absolute Gasteiger partial charge is 0.497 e. The molecule has 2 aromatic carbocycles. The molecule has 6 heteroatoms. The van der Waals surface area contributed by atoms with Crippen molar-refractivity contribution in [1.82, 2.24) is 9.55 Å². The summed E-state index contributed by atoms with van der Waals surface area (Å²) in [6.45, 7) is 0. The van der Waals surface area contributed by atoms with Crippen LogP contribution in [0.15, 0.2) is 40.9 Å². The number of rotatable bonds is 2. The van der Waals surface area contributed by atoms with Gasteiger partial charge in [0.1, 0.15) is 5.75 Å². The lowest BCUT2D eigenvalue weighted by Gasteiger charge is -2.08. The second kappa shape index (κ2) is 5.24. The molecular formula is C14H10BrClN2OS. The molecule has 0 atom stereocenters. The monoisotopic (exact) mass is 368 g/mol. The van der Waals surface area contributed by atoms with Crippen LogP contribution in [0.5, 0.6) is 5.75 Å². The molecule has 0 unspecified atom stereocenters. The number of H-pyrrole nitrogens is 1. The smallest absolute Gasteiger partial charge is 0.182 e. The van der Waals surface area contributed by atoms with Crippen LogP contribution >= 0.6 is 39.7 Å². The van der Waals surface area contributed by atoms with Gasteiger partial charge in [0.05, 0.1) is 28.9 Å². The average Bonchev–Trinajstić information content (AvgIpc) is 2.74. The molecule has 1 heterocycles. The highest BCUT2D eigenvalue weighted by Crippen LogP contribution is 2.29. The van der Waals surface area contributed by atoms with Crippen molar-refractivity contribution in [1.29, 1.82) is 0 Å². The van der Waals surface area contributed by atoms with Crippen LogP contribution in [0, 0.1) is 4.77 Å². The Balaban J connectivity index is 2.31. The maximum absolute atomic E-state index is 6.32. The standard InChI is InChI=1S/C14H10BrClN2OS/c1-19-9-3-5-13-11(7-9)17-14(20)18(13)12-4-2-8(15)6-10(12)16/h2-7H,1H3,(H,17,20). The van der Waals surface area contributed by atoms with E-state index < -0.39 is 0 Å². The number of hydrogen-bond acceptors (Lipinski definition) is 2. The number of imidazole rings is 1. The molecule has 3 aromatic rings. The molecule has 0 aliphatic heterocycles. The number of nitrogens with zero attached hydrogens (tertiary/aromatic N) is 1. The van der Waals surface area contributed by atoms with Gasteiger partial charge in [-0.25, -0.2) is 0 Å². The molecule has 1 aromatic heterocycles. The second-order valence-electron chi connectivity index (χ2n) is 4.24. The van der Waals surface area contributed by atoms with Crippen molar-refractivity contribution in [3.05, 3.63) is 50.7 Å². The van der Waals surface area contributed by atoms with E-state index in [-0.39, 0.29) is 0 Å².